The van der Waals surface area contributed by atoms with Crippen LogP contribution in [0.3, 0.4) is 0 Å². The van der Waals surface area contributed by atoms with Gasteiger partial charge in [0.15, 0.2) is 0 Å². The Hall–Kier alpha value is -4.17. The summed E-state index contributed by atoms with van der Waals surface area (Å²) < 4.78 is 17.0. The minimum atomic E-state index is -0.283. The zero-order valence-corrected chi connectivity index (χ0v) is 16.6. The number of rotatable bonds is 6. The lowest BCUT2D eigenvalue weighted by Gasteiger charge is -2.09. The molecule has 3 heterocycles. The number of nitrogens with zero attached hydrogens (tertiary/aromatic N) is 3. The van der Waals surface area contributed by atoms with Crippen LogP contribution in [0.5, 0.6) is 17.2 Å². The van der Waals surface area contributed by atoms with Crippen LogP contribution in [0, 0.1) is 6.92 Å². The molecule has 0 aliphatic carbocycles. The van der Waals surface area contributed by atoms with Gasteiger partial charge in [-0.15, -0.1) is 10.2 Å². The summed E-state index contributed by atoms with van der Waals surface area (Å²) in [6.07, 6.45) is 3.15. The molecule has 0 bridgehead atoms. The molecule has 0 fully saturated rings. The molecule has 8 nitrogen and oxygen atoms in total. The van der Waals surface area contributed by atoms with Crippen LogP contribution in [0.4, 0.5) is 0 Å². The van der Waals surface area contributed by atoms with Crippen molar-refractivity contribution < 1.29 is 18.7 Å². The highest BCUT2D eigenvalue weighted by Crippen LogP contribution is 2.29. The fourth-order valence-electron chi connectivity index (χ4n) is 2.99. The number of benzene rings is 2. The largest absolute Gasteiger partial charge is 0.457 e. The normalized spacial score (nSPS) is 15.3. The van der Waals surface area contributed by atoms with Crippen molar-refractivity contribution in [2.75, 3.05) is 0 Å². The lowest BCUT2D eigenvalue weighted by Crippen LogP contribution is -2.12. The summed E-state index contributed by atoms with van der Waals surface area (Å²) in [5.41, 5.74) is 4.34. The monoisotopic (exact) mass is 414 g/mol. The van der Waals surface area contributed by atoms with Crippen molar-refractivity contribution in [2.45, 2.75) is 13.0 Å². The predicted molar refractivity (Wildman–Crippen MR) is 111 cm³/mol. The topological polar surface area (TPSA) is 91.5 Å². The number of pyridine rings is 1. The fraction of sp³-hybridized carbons (Fsp3) is 0.0870. The van der Waals surface area contributed by atoms with Gasteiger partial charge in [0.05, 0.1) is 6.20 Å². The molecule has 0 saturated carbocycles. The van der Waals surface area contributed by atoms with Gasteiger partial charge < -0.3 is 13.9 Å². The van der Waals surface area contributed by atoms with Gasteiger partial charge in [0.25, 0.3) is 5.89 Å². The highest BCUT2D eigenvalue weighted by Gasteiger charge is 2.20. The van der Waals surface area contributed by atoms with E-state index in [1.807, 2.05) is 60.7 Å². The Labute approximate surface area is 178 Å². The van der Waals surface area contributed by atoms with Crippen molar-refractivity contribution in [3.05, 3.63) is 96.3 Å². The third-order valence-corrected chi connectivity index (χ3v) is 4.49. The van der Waals surface area contributed by atoms with Crippen molar-refractivity contribution in [1.29, 1.82) is 0 Å². The third-order valence-electron chi connectivity index (χ3n) is 4.49. The SMILES string of the molecule is Cc1nnc(-c2ccc(OC3=CC(c4ccc(Oc5ccccc5)cc4)ON3)cn2)o1. The van der Waals surface area contributed by atoms with Gasteiger partial charge in [-0.05, 0) is 42.0 Å². The Morgan fingerprint density at radius 3 is 2.32 bits per heavy atom. The van der Waals surface area contributed by atoms with Gasteiger partial charge >= 0.3 is 0 Å². The average molecular weight is 414 g/mol. The molecule has 0 spiro atoms. The zero-order valence-electron chi connectivity index (χ0n) is 16.6. The Bertz CT molecular complexity index is 1190. The second-order valence-corrected chi connectivity index (χ2v) is 6.76. The van der Waals surface area contributed by atoms with E-state index in [0.29, 0.717) is 29.1 Å². The second kappa shape index (κ2) is 8.29. The lowest BCUT2D eigenvalue weighted by molar-refractivity contribution is 0.0273. The van der Waals surface area contributed by atoms with E-state index in [0.717, 1.165) is 17.1 Å². The third kappa shape index (κ3) is 4.39. The number of ether oxygens (including phenoxy) is 2. The summed E-state index contributed by atoms with van der Waals surface area (Å²) >= 11 is 0. The molecule has 2 aromatic heterocycles. The lowest BCUT2D eigenvalue weighted by atomic mass is 10.1. The van der Waals surface area contributed by atoms with Crippen molar-refractivity contribution in [3.8, 4) is 28.8 Å². The van der Waals surface area contributed by atoms with E-state index in [1.54, 1.807) is 25.3 Å². The number of hydrogen-bond acceptors (Lipinski definition) is 8. The van der Waals surface area contributed by atoms with Crippen LogP contribution in [0.2, 0.25) is 0 Å². The van der Waals surface area contributed by atoms with E-state index < -0.39 is 0 Å². The predicted octanol–water partition coefficient (Wildman–Crippen LogP) is 4.73. The molecule has 31 heavy (non-hydrogen) atoms. The van der Waals surface area contributed by atoms with E-state index in [1.165, 1.54) is 0 Å². The number of aromatic nitrogens is 3. The maximum absolute atomic E-state index is 5.82. The molecular weight excluding hydrogens is 396 g/mol. The van der Waals surface area contributed by atoms with Crippen molar-refractivity contribution in [1.82, 2.24) is 20.7 Å². The van der Waals surface area contributed by atoms with E-state index in [-0.39, 0.29) is 6.10 Å². The van der Waals surface area contributed by atoms with Crippen molar-refractivity contribution in [3.63, 3.8) is 0 Å². The first kappa shape index (κ1) is 18.8. The van der Waals surface area contributed by atoms with E-state index in [4.69, 9.17) is 18.7 Å². The first-order valence-electron chi connectivity index (χ1n) is 9.64. The van der Waals surface area contributed by atoms with E-state index >= 15 is 0 Å². The molecule has 1 unspecified atom stereocenters. The Morgan fingerprint density at radius 2 is 1.61 bits per heavy atom. The smallest absolute Gasteiger partial charge is 0.266 e. The van der Waals surface area contributed by atoms with Gasteiger partial charge in [-0.1, -0.05) is 30.3 Å². The summed E-state index contributed by atoms with van der Waals surface area (Å²) in [5.74, 6) is 3.43. The summed E-state index contributed by atoms with van der Waals surface area (Å²) in [6.45, 7) is 1.73. The van der Waals surface area contributed by atoms with Crippen molar-refractivity contribution >= 4 is 0 Å². The van der Waals surface area contributed by atoms with Gasteiger partial charge in [0.2, 0.25) is 11.8 Å². The number of hydrogen-bond donors (Lipinski definition) is 1. The molecule has 1 aliphatic rings. The molecule has 5 rings (SSSR count). The van der Waals surface area contributed by atoms with Crippen LogP contribution in [0.25, 0.3) is 11.6 Å². The van der Waals surface area contributed by atoms with Crippen LogP contribution in [-0.2, 0) is 4.84 Å². The molecule has 0 saturated heterocycles. The first-order valence-corrected chi connectivity index (χ1v) is 9.64. The average Bonchev–Trinajstić information content (AvgIpc) is 3.45. The number of hydroxylamine groups is 1. The van der Waals surface area contributed by atoms with Gasteiger partial charge in [-0.3, -0.25) is 4.84 Å². The molecular formula is C23H18N4O4. The number of para-hydroxylation sites is 1. The van der Waals surface area contributed by atoms with E-state index in [9.17, 15) is 0 Å². The van der Waals surface area contributed by atoms with Crippen LogP contribution >= 0.6 is 0 Å². The Kier molecular flexibility index (Phi) is 5.04. The molecule has 4 aromatic rings. The van der Waals surface area contributed by atoms with Crippen molar-refractivity contribution in [2.24, 2.45) is 0 Å². The Morgan fingerprint density at radius 1 is 0.839 bits per heavy atom. The van der Waals surface area contributed by atoms with Crippen LogP contribution in [-0.4, -0.2) is 15.2 Å². The summed E-state index contributed by atoms with van der Waals surface area (Å²) in [5, 5.41) is 7.75. The maximum Gasteiger partial charge on any atom is 0.266 e. The standard InChI is InChI=1S/C23H18N4O4/c1-15-25-26-23(28-15)20-12-11-19(14-24-20)30-22-13-21(31-27-22)16-7-9-18(10-8-16)29-17-5-3-2-4-6-17/h2-14,21,27H,1H3. The van der Waals surface area contributed by atoms with Crippen LogP contribution in [0.1, 0.15) is 17.6 Å². The molecule has 1 atom stereocenters. The van der Waals surface area contributed by atoms with Crippen LogP contribution in [0.15, 0.2) is 89.3 Å². The number of aryl methyl sites for hydroxylation is 1. The zero-order chi connectivity index (χ0) is 21.0. The van der Waals surface area contributed by atoms with Gasteiger partial charge in [-0.2, -0.15) is 0 Å². The van der Waals surface area contributed by atoms with Gasteiger partial charge in [0.1, 0.15) is 29.0 Å². The summed E-state index contributed by atoms with van der Waals surface area (Å²) in [6, 6.07) is 20.9. The quantitative estimate of drug-likeness (QED) is 0.484. The second-order valence-electron chi connectivity index (χ2n) is 6.76. The summed E-state index contributed by atoms with van der Waals surface area (Å²) in [4.78, 5) is 9.91. The molecule has 0 radical (unpaired) electrons. The fourth-order valence-corrected chi connectivity index (χ4v) is 2.99. The molecule has 8 heteroatoms. The molecule has 154 valence electrons. The molecule has 0 amide bonds. The van der Waals surface area contributed by atoms with Gasteiger partial charge in [0, 0.05) is 13.0 Å². The molecule has 2 aromatic carbocycles. The summed E-state index contributed by atoms with van der Waals surface area (Å²) in [7, 11) is 0. The maximum atomic E-state index is 5.82. The minimum absolute atomic E-state index is 0.283. The van der Waals surface area contributed by atoms with Gasteiger partial charge in [-0.25, -0.2) is 10.5 Å². The first-order chi connectivity index (χ1) is 15.2. The van der Waals surface area contributed by atoms with E-state index in [2.05, 4.69) is 20.7 Å². The molecule has 1 N–H and O–H groups in total. The number of nitrogens with one attached hydrogen (secondary N) is 1. The highest BCUT2D eigenvalue weighted by atomic mass is 16.7. The minimum Gasteiger partial charge on any atom is -0.457 e. The van der Waals surface area contributed by atoms with Crippen LogP contribution < -0.4 is 15.0 Å². The highest BCUT2D eigenvalue weighted by molar-refractivity contribution is 5.47. The molecule has 1 aliphatic heterocycles. The Balaban J connectivity index is 1.22.